The van der Waals surface area contributed by atoms with Crippen LogP contribution >= 0.6 is 15.9 Å². The lowest BCUT2D eigenvalue weighted by atomic mass is 9.99. The second kappa shape index (κ2) is 8.87. The number of Topliss-reactive ketones (excluding diaryl/α,β-unsaturated/α-hetero) is 1. The van der Waals surface area contributed by atoms with Crippen LogP contribution in [0, 0.1) is 0 Å². The number of hydrogen-bond donors (Lipinski definition) is 1. The van der Waals surface area contributed by atoms with Crippen molar-refractivity contribution in [1.29, 1.82) is 0 Å². The monoisotopic (exact) mass is 521 g/mol. The van der Waals surface area contributed by atoms with Gasteiger partial charge in [0.25, 0.3) is 5.91 Å². The number of carbonyl (C=O) groups excluding carboxylic acids is 2. The first kappa shape index (κ1) is 22.0. The summed E-state index contributed by atoms with van der Waals surface area (Å²) in [6.07, 6.45) is 2.28. The van der Waals surface area contributed by atoms with Crippen molar-refractivity contribution in [2.45, 2.75) is 19.4 Å². The smallest absolute Gasteiger partial charge is 0.294 e. The summed E-state index contributed by atoms with van der Waals surface area (Å²) in [5.41, 5.74) is 0.865. The Labute approximate surface area is 203 Å². The van der Waals surface area contributed by atoms with Gasteiger partial charge in [0.2, 0.25) is 5.78 Å². The number of benzene rings is 2. The molecule has 34 heavy (non-hydrogen) atoms. The molecule has 5 rings (SSSR count). The second-order valence-electron chi connectivity index (χ2n) is 7.82. The molecule has 0 saturated carbocycles. The van der Waals surface area contributed by atoms with E-state index in [1.807, 2.05) is 13.0 Å². The first-order chi connectivity index (χ1) is 16.5. The fraction of sp³-hybridized carbons (Fsp3) is 0.154. The molecule has 0 radical (unpaired) electrons. The van der Waals surface area contributed by atoms with E-state index >= 15 is 0 Å². The van der Waals surface area contributed by atoms with Crippen LogP contribution in [0.25, 0.3) is 11.0 Å². The highest BCUT2D eigenvalue weighted by Gasteiger charge is 2.46. The molecule has 1 unspecified atom stereocenters. The van der Waals surface area contributed by atoms with Gasteiger partial charge in [0.15, 0.2) is 11.5 Å². The molecule has 0 bridgehead atoms. The number of amides is 1. The van der Waals surface area contributed by atoms with E-state index in [-0.39, 0.29) is 11.3 Å². The van der Waals surface area contributed by atoms with E-state index in [9.17, 15) is 14.7 Å². The van der Waals surface area contributed by atoms with Crippen molar-refractivity contribution in [3.63, 3.8) is 0 Å². The number of ether oxygens (including phenoxy) is 1. The number of aliphatic hydroxyl groups excluding tert-OH is 1. The Morgan fingerprint density at radius 1 is 1.15 bits per heavy atom. The molecule has 172 valence electrons. The normalized spacial score (nSPS) is 16.0. The number of fused-ring (bicyclic) bond motifs is 1. The van der Waals surface area contributed by atoms with Crippen LogP contribution in [-0.4, -0.2) is 23.4 Å². The lowest BCUT2D eigenvalue weighted by Gasteiger charge is -2.25. The summed E-state index contributed by atoms with van der Waals surface area (Å²) in [6.45, 7) is 2.52. The van der Waals surface area contributed by atoms with Gasteiger partial charge in [-0.05, 0) is 55.0 Å². The van der Waals surface area contributed by atoms with Crippen LogP contribution in [0.15, 0.2) is 91.6 Å². The molecule has 7 nitrogen and oxygen atoms in total. The third-order valence-corrected chi connectivity index (χ3v) is 6.03. The molecule has 0 saturated heterocycles. The Morgan fingerprint density at radius 3 is 2.76 bits per heavy atom. The molecule has 3 heterocycles. The lowest BCUT2D eigenvalue weighted by molar-refractivity contribution is -0.117. The maximum atomic E-state index is 13.6. The molecule has 0 aliphatic carbocycles. The van der Waals surface area contributed by atoms with Crippen LogP contribution in [0.4, 0.5) is 5.69 Å². The van der Waals surface area contributed by atoms with E-state index in [0.717, 1.165) is 10.9 Å². The van der Waals surface area contributed by atoms with Crippen molar-refractivity contribution in [1.82, 2.24) is 0 Å². The summed E-state index contributed by atoms with van der Waals surface area (Å²) in [7, 11) is 0. The van der Waals surface area contributed by atoms with Crippen LogP contribution in [0.1, 0.15) is 35.7 Å². The first-order valence-corrected chi connectivity index (χ1v) is 11.5. The summed E-state index contributed by atoms with van der Waals surface area (Å²) in [5.74, 6) is -1.03. The standard InChI is InChI=1S/C26H20BrNO6/c1-2-10-32-18-6-3-5-17(14-18)28-23(20-7-4-11-33-20)22(25(30)26(28)31)24(29)21-13-15-12-16(27)8-9-19(15)34-21/h3-9,11-14,23,30H,2,10H2,1H3. The maximum absolute atomic E-state index is 13.6. The summed E-state index contributed by atoms with van der Waals surface area (Å²) in [4.78, 5) is 28.2. The van der Waals surface area contributed by atoms with Crippen molar-refractivity contribution < 1.29 is 28.3 Å². The van der Waals surface area contributed by atoms with E-state index < -0.39 is 23.5 Å². The van der Waals surface area contributed by atoms with E-state index in [0.29, 0.717) is 34.8 Å². The fourth-order valence-electron chi connectivity index (χ4n) is 4.02. The number of anilines is 1. The average Bonchev–Trinajstić information content (AvgIpc) is 3.56. The van der Waals surface area contributed by atoms with Crippen molar-refractivity contribution in [2.75, 3.05) is 11.5 Å². The molecular formula is C26H20BrNO6. The summed E-state index contributed by atoms with van der Waals surface area (Å²) >= 11 is 3.40. The number of aliphatic hydroxyl groups is 1. The number of ketones is 1. The number of carbonyl (C=O) groups is 2. The van der Waals surface area contributed by atoms with Gasteiger partial charge in [0, 0.05) is 21.6 Å². The van der Waals surface area contributed by atoms with Gasteiger partial charge in [-0.3, -0.25) is 14.5 Å². The van der Waals surface area contributed by atoms with Crippen LogP contribution in [0.5, 0.6) is 5.75 Å². The van der Waals surface area contributed by atoms with Crippen LogP contribution < -0.4 is 9.64 Å². The molecule has 1 aliphatic heterocycles. The molecule has 1 atom stereocenters. The summed E-state index contributed by atoms with van der Waals surface area (Å²) in [5, 5.41) is 11.6. The Hall–Kier alpha value is -3.78. The third kappa shape index (κ3) is 3.80. The van der Waals surface area contributed by atoms with Crippen molar-refractivity contribution in [3.05, 3.63) is 94.3 Å². The van der Waals surface area contributed by atoms with Crippen molar-refractivity contribution in [3.8, 4) is 5.75 Å². The molecule has 0 fully saturated rings. The van der Waals surface area contributed by atoms with Gasteiger partial charge in [0.05, 0.1) is 18.4 Å². The quantitative estimate of drug-likeness (QED) is 0.284. The summed E-state index contributed by atoms with van der Waals surface area (Å²) < 4.78 is 17.9. The highest BCUT2D eigenvalue weighted by Crippen LogP contribution is 2.43. The molecule has 1 amide bonds. The van der Waals surface area contributed by atoms with Gasteiger partial charge in [-0.25, -0.2) is 0 Å². The minimum atomic E-state index is -0.976. The zero-order valence-corrected chi connectivity index (χ0v) is 19.7. The zero-order chi connectivity index (χ0) is 23.8. The summed E-state index contributed by atoms with van der Waals surface area (Å²) in [6, 6.07) is 16.2. The number of hydrogen-bond acceptors (Lipinski definition) is 6. The Morgan fingerprint density at radius 2 is 2.00 bits per heavy atom. The SMILES string of the molecule is CCCOc1cccc(N2C(=O)C(O)=C(C(=O)c3cc4cc(Br)ccc4o3)C2c2ccco2)c1. The van der Waals surface area contributed by atoms with Crippen LogP contribution in [0.2, 0.25) is 0 Å². The van der Waals surface area contributed by atoms with Crippen molar-refractivity contribution in [2.24, 2.45) is 0 Å². The van der Waals surface area contributed by atoms with Crippen LogP contribution in [0.3, 0.4) is 0 Å². The molecule has 0 spiro atoms. The van der Waals surface area contributed by atoms with Gasteiger partial charge in [-0.2, -0.15) is 0 Å². The maximum Gasteiger partial charge on any atom is 0.294 e. The molecule has 2 aromatic heterocycles. The van der Waals surface area contributed by atoms with E-state index in [1.165, 1.54) is 11.2 Å². The van der Waals surface area contributed by atoms with Gasteiger partial charge in [-0.15, -0.1) is 0 Å². The topological polar surface area (TPSA) is 93.1 Å². The molecular weight excluding hydrogens is 502 g/mol. The van der Waals surface area contributed by atoms with Gasteiger partial charge in [-0.1, -0.05) is 28.9 Å². The van der Waals surface area contributed by atoms with E-state index in [4.69, 9.17) is 13.6 Å². The average molecular weight is 522 g/mol. The minimum absolute atomic E-state index is 0.0147. The number of furan rings is 2. The Kier molecular flexibility index (Phi) is 5.75. The largest absolute Gasteiger partial charge is 0.503 e. The van der Waals surface area contributed by atoms with Gasteiger partial charge < -0.3 is 18.7 Å². The first-order valence-electron chi connectivity index (χ1n) is 10.7. The Bertz CT molecular complexity index is 1420. The highest BCUT2D eigenvalue weighted by atomic mass is 79.9. The molecule has 2 aromatic carbocycles. The number of halogens is 1. The second-order valence-corrected chi connectivity index (χ2v) is 8.74. The van der Waals surface area contributed by atoms with Crippen LogP contribution in [-0.2, 0) is 4.79 Å². The van der Waals surface area contributed by atoms with Crippen molar-refractivity contribution >= 4 is 44.3 Å². The number of nitrogens with zero attached hydrogens (tertiary/aromatic N) is 1. The highest BCUT2D eigenvalue weighted by molar-refractivity contribution is 9.10. The van der Waals surface area contributed by atoms with E-state index in [2.05, 4.69) is 15.9 Å². The van der Waals surface area contributed by atoms with Gasteiger partial charge >= 0.3 is 0 Å². The van der Waals surface area contributed by atoms with E-state index in [1.54, 1.807) is 54.6 Å². The molecule has 4 aromatic rings. The fourth-order valence-corrected chi connectivity index (χ4v) is 4.40. The molecule has 1 aliphatic rings. The Balaban J connectivity index is 1.59. The zero-order valence-electron chi connectivity index (χ0n) is 18.2. The predicted octanol–water partition coefficient (Wildman–Crippen LogP) is 6.36. The minimum Gasteiger partial charge on any atom is -0.503 e. The van der Waals surface area contributed by atoms with Gasteiger partial charge in [0.1, 0.15) is 23.1 Å². The number of rotatable bonds is 7. The lowest BCUT2D eigenvalue weighted by Crippen LogP contribution is -2.30. The molecule has 8 heteroatoms. The predicted molar refractivity (Wildman–Crippen MR) is 129 cm³/mol. The third-order valence-electron chi connectivity index (χ3n) is 5.54. The molecule has 1 N–H and O–H groups in total.